The fourth-order valence-electron chi connectivity index (χ4n) is 3.66. The minimum Gasteiger partial charge on any atom is -0.336 e. The van der Waals surface area contributed by atoms with Gasteiger partial charge in [0.2, 0.25) is 5.95 Å². The molecule has 0 bridgehead atoms. The maximum atomic E-state index is 12.5. The summed E-state index contributed by atoms with van der Waals surface area (Å²) in [4.78, 5) is 21.3. The quantitative estimate of drug-likeness (QED) is 0.844. The van der Waals surface area contributed by atoms with Gasteiger partial charge in [-0.2, -0.15) is 4.98 Å². The highest BCUT2D eigenvalue weighted by Gasteiger charge is 2.28. The number of benzene rings is 1. The Kier molecular flexibility index (Phi) is 3.45. The highest BCUT2D eigenvalue weighted by molar-refractivity contribution is 5.42. The van der Waals surface area contributed by atoms with E-state index < -0.39 is 0 Å². The summed E-state index contributed by atoms with van der Waals surface area (Å²) in [5.74, 6) is 0.849. The summed E-state index contributed by atoms with van der Waals surface area (Å²) in [6.45, 7) is 6.53. The number of nitrogens with zero attached hydrogens (tertiary/aromatic N) is 4. The first-order chi connectivity index (χ1) is 11.1. The molecule has 0 N–H and O–H groups in total. The fraction of sp³-hybridized carbons (Fsp3) is 0.444. The average molecular weight is 310 g/mol. The van der Waals surface area contributed by atoms with Crippen molar-refractivity contribution >= 4 is 5.95 Å². The Labute approximate surface area is 136 Å². The molecular weight excluding hydrogens is 288 g/mol. The van der Waals surface area contributed by atoms with Crippen molar-refractivity contribution in [3.63, 3.8) is 0 Å². The van der Waals surface area contributed by atoms with Crippen LogP contribution in [0.2, 0.25) is 0 Å². The van der Waals surface area contributed by atoms with Crippen LogP contribution in [-0.4, -0.2) is 34.6 Å². The number of rotatable bonds is 2. The van der Waals surface area contributed by atoms with Gasteiger partial charge in [0.25, 0.3) is 5.56 Å². The van der Waals surface area contributed by atoms with Gasteiger partial charge in [-0.05, 0) is 25.1 Å². The molecular formula is C18H22N4O. The van der Waals surface area contributed by atoms with Gasteiger partial charge in [0.05, 0.1) is 5.56 Å². The van der Waals surface area contributed by atoms with E-state index >= 15 is 0 Å². The lowest BCUT2D eigenvalue weighted by Crippen LogP contribution is -2.35. The van der Waals surface area contributed by atoms with E-state index in [0.717, 1.165) is 50.7 Å². The molecule has 0 fully saturated rings. The Balaban J connectivity index is 1.71. The number of hydrogen-bond acceptors (Lipinski definition) is 4. The summed E-state index contributed by atoms with van der Waals surface area (Å²) < 4.78 is 2.27. The molecule has 2 aromatic rings. The first-order valence-corrected chi connectivity index (χ1v) is 8.24. The summed E-state index contributed by atoms with van der Waals surface area (Å²) >= 11 is 0. The zero-order valence-electron chi connectivity index (χ0n) is 13.7. The number of aromatic nitrogens is 2. The van der Waals surface area contributed by atoms with E-state index in [0.29, 0.717) is 0 Å². The predicted molar refractivity (Wildman–Crippen MR) is 90.8 cm³/mol. The number of anilines is 1. The van der Waals surface area contributed by atoms with E-state index in [1.54, 1.807) is 0 Å². The van der Waals surface area contributed by atoms with E-state index in [2.05, 4.69) is 57.6 Å². The van der Waals surface area contributed by atoms with Gasteiger partial charge in [-0.3, -0.25) is 4.79 Å². The minimum absolute atomic E-state index is 0.0468. The second-order valence-electron chi connectivity index (χ2n) is 6.63. The van der Waals surface area contributed by atoms with Crippen LogP contribution < -0.4 is 10.5 Å². The van der Waals surface area contributed by atoms with Crippen LogP contribution in [0.25, 0.3) is 0 Å². The van der Waals surface area contributed by atoms with Gasteiger partial charge in [-0.15, -0.1) is 0 Å². The summed E-state index contributed by atoms with van der Waals surface area (Å²) in [6, 6.07) is 8.42. The number of likely N-dealkylation sites (N-methyl/N-ethyl adjacent to an activating group) is 1. The van der Waals surface area contributed by atoms with E-state index in [9.17, 15) is 4.79 Å². The van der Waals surface area contributed by atoms with E-state index in [-0.39, 0.29) is 5.56 Å². The number of fused-ring (bicyclic) bond motifs is 3. The highest BCUT2D eigenvalue weighted by atomic mass is 16.1. The molecule has 5 heteroatoms. The monoisotopic (exact) mass is 310 g/mol. The Morgan fingerprint density at radius 3 is 2.83 bits per heavy atom. The van der Waals surface area contributed by atoms with Crippen molar-refractivity contribution in [1.29, 1.82) is 0 Å². The zero-order valence-corrected chi connectivity index (χ0v) is 13.7. The Bertz CT molecular complexity index is 811. The van der Waals surface area contributed by atoms with Crippen molar-refractivity contribution in [2.45, 2.75) is 33.0 Å². The van der Waals surface area contributed by atoms with Crippen LogP contribution in [0.4, 0.5) is 5.95 Å². The van der Waals surface area contributed by atoms with Crippen molar-refractivity contribution in [1.82, 2.24) is 14.5 Å². The molecule has 4 rings (SSSR count). The van der Waals surface area contributed by atoms with Crippen molar-refractivity contribution in [3.05, 3.63) is 57.0 Å². The number of aryl methyl sites for hydroxylation is 1. The molecule has 23 heavy (non-hydrogen) atoms. The minimum atomic E-state index is -0.0468. The van der Waals surface area contributed by atoms with Crippen molar-refractivity contribution < 1.29 is 0 Å². The summed E-state index contributed by atoms with van der Waals surface area (Å²) in [6.07, 6.45) is 0.939. The molecule has 0 unspecified atom stereocenters. The zero-order chi connectivity index (χ0) is 16.0. The molecule has 0 spiro atoms. The molecule has 0 saturated carbocycles. The van der Waals surface area contributed by atoms with Gasteiger partial charge in [-0.25, -0.2) is 0 Å². The molecule has 0 radical (unpaired) electrons. The lowest BCUT2D eigenvalue weighted by Gasteiger charge is -2.27. The maximum absolute atomic E-state index is 12.5. The molecule has 2 aliphatic heterocycles. The van der Waals surface area contributed by atoms with E-state index in [4.69, 9.17) is 0 Å². The van der Waals surface area contributed by atoms with Crippen molar-refractivity contribution in [3.8, 4) is 0 Å². The molecule has 0 amide bonds. The van der Waals surface area contributed by atoms with Crippen LogP contribution in [0.15, 0.2) is 29.1 Å². The third-order valence-electron chi connectivity index (χ3n) is 5.03. The Morgan fingerprint density at radius 2 is 2.00 bits per heavy atom. The van der Waals surface area contributed by atoms with Gasteiger partial charge in [-0.1, -0.05) is 24.3 Å². The van der Waals surface area contributed by atoms with Crippen LogP contribution in [0, 0.1) is 6.92 Å². The molecule has 0 atom stereocenters. The van der Waals surface area contributed by atoms with Crippen LogP contribution in [0.5, 0.6) is 0 Å². The molecule has 0 saturated heterocycles. The second kappa shape index (κ2) is 5.49. The van der Waals surface area contributed by atoms with E-state index in [1.165, 1.54) is 16.8 Å². The summed E-state index contributed by atoms with van der Waals surface area (Å²) in [5, 5.41) is 0. The Morgan fingerprint density at radius 1 is 1.17 bits per heavy atom. The van der Waals surface area contributed by atoms with Crippen LogP contribution in [-0.2, 0) is 26.1 Å². The molecule has 3 heterocycles. The molecule has 0 aliphatic carbocycles. The highest BCUT2D eigenvalue weighted by Crippen LogP contribution is 2.26. The average Bonchev–Trinajstić information content (AvgIpc) is 2.93. The normalized spacial score (nSPS) is 17.2. The topological polar surface area (TPSA) is 41.4 Å². The SMILES string of the molecule is Cc1ccccc1CN1CCn2c1nc(=O)c1c2CCN(C)C1. The van der Waals surface area contributed by atoms with Crippen LogP contribution >= 0.6 is 0 Å². The lowest BCUT2D eigenvalue weighted by molar-refractivity contribution is 0.303. The maximum Gasteiger partial charge on any atom is 0.279 e. The third kappa shape index (κ3) is 2.45. The number of hydrogen-bond donors (Lipinski definition) is 0. The van der Waals surface area contributed by atoms with Crippen molar-refractivity contribution in [2.24, 2.45) is 0 Å². The van der Waals surface area contributed by atoms with Crippen LogP contribution in [0.1, 0.15) is 22.4 Å². The molecule has 1 aromatic heterocycles. The summed E-state index contributed by atoms with van der Waals surface area (Å²) in [5.41, 5.74) is 4.63. The lowest BCUT2D eigenvalue weighted by atomic mass is 10.1. The Hall–Kier alpha value is -2.14. The van der Waals surface area contributed by atoms with Gasteiger partial charge in [0.1, 0.15) is 0 Å². The van der Waals surface area contributed by atoms with Gasteiger partial charge in [0, 0.05) is 44.8 Å². The van der Waals surface area contributed by atoms with Gasteiger partial charge >= 0.3 is 0 Å². The first kappa shape index (κ1) is 14.5. The second-order valence-corrected chi connectivity index (χ2v) is 6.63. The first-order valence-electron chi connectivity index (χ1n) is 8.24. The predicted octanol–water partition coefficient (Wildman–Crippen LogP) is 1.56. The smallest absolute Gasteiger partial charge is 0.279 e. The fourth-order valence-corrected chi connectivity index (χ4v) is 3.66. The summed E-state index contributed by atoms with van der Waals surface area (Å²) in [7, 11) is 2.06. The van der Waals surface area contributed by atoms with Gasteiger partial charge in [0.15, 0.2) is 0 Å². The van der Waals surface area contributed by atoms with E-state index in [1.807, 2.05) is 0 Å². The molecule has 5 nitrogen and oxygen atoms in total. The molecule has 2 aliphatic rings. The van der Waals surface area contributed by atoms with Gasteiger partial charge < -0.3 is 14.4 Å². The third-order valence-corrected chi connectivity index (χ3v) is 5.03. The molecule has 1 aromatic carbocycles. The molecule has 120 valence electrons. The van der Waals surface area contributed by atoms with Crippen molar-refractivity contribution in [2.75, 3.05) is 25.0 Å². The standard InChI is InChI=1S/C18H22N4O/c1-13-5-3-4-6-14(13)11-21-9-10-22-16-7-8-20(2)12-15(16)17(23)19-18(21)22/h3-6H,7-12H2,1-2H3. The van der Waals surface area contributed by atoms with Crippen LogP contribution in [0.3, 0.4) is 0 Å². The largest absolute Gasteiger partial charge is 0.336 e.